The maximum Gasteiger partial charge on any atom is 0.277 e. The van der Waals surface area contributed by atoms with Crippen molar-refractivity contribution in [2.24, 2.45) is 0 Å². The first-order chi connectivity index (χ1) is 17.2. The summed E-state index contributed by atoms with van der Waals surface area (Å²) in [5, 5.41) is 25.6. The zero-order chi connectivity index (χ0) is 25.8. The number of anilines is 3. The minimum atomic E-state index is -0.756. The van der Waals surface area contributed by atoms with Crippen molar-refractivity contribution in [3.8, 4) is 5.75 Å². The Kier molecular flexibility index (Phi) is 6.90. The van der Waals surface area contributed by atoms with Crippen LogP contribution < -0.4 is 15.0 Å². The van der Waals surface area contributed by atoms with Crippen LogP contribution >= 0.6 is 0 Å². The number of nitrogens with one attached hydrogen (secondary N) is 1. The molecule has 1 aliphatic rings. The molecule has 0 radical (unpaired) electrons. The molecule has 2 aromatic carbocycles. The van der Waals surface area contributed by atoms with Gasteiger partial charge in [-0.05, 0) is 31.2 Å². The van der Waals surface area contributed by atoms with Gasteiger partial charge in [0.1, 0.15) is 11.6 Å². The summed E-state index contributed by atoms with van der Waals surface area (Å²) in [7, 11) is 1.60. The Hall–Kier alpha value is -4.81. The van der Waals surface area contributed by atoms with E-state index in [4.69, 9.17) is 4.74 Å². The number of ether oxygens (including phenoxy) is 1. The molecule has 0 saturated carbocycles. The smallest absolute Gasteiger partial charge is 0.277 e. The molecule has 186 valence electrons. The molecule has 0 aliphatic carbocycles. The average Bonchev–Trinajstić information content (AvgIpc) is 2.88. The molecule has 13 heteroatoms. The van der Waals surface area contributed by atoms with E-state index in [1.165, 1.54) is 4.90 Å². The Labute approximate surface area is 205 Å². The van der Waals surface area contributed by atoms with Gasteiger partial charge in [0, 0.05) is 55.8 Å². The normalized spacial score (nSPS) is 13.3. The number of hydrogen-bond acceptors (Lipinski definition) is 10. The van der Waals surface area contributed by atoms with Crippen molar-refractivity contribution in [1.82, 2.24) is 14.9 Å². The van der Waals surface area contributed by atoms with Crippen LogP contribution in [0.4, 0.5) is 28.8 Å². The van der Waals surface area contributed by atoms with Gasteiger partial charge >= 0.3 is 0 Å². The molecule has 1 saturated heterocycles. The summed E-state index contributed by atoms with van der Waals surface area (Å²) < 4.78 is 5.18. The number of aromatic nitrogens is 2. The van der Waals surface area contributed by atoms with E-state index in [-0.39, 0.29) is 5.56 Å². The van der Waals surface area contributed by atoms with Crippen molar-refractivity contribution >= 4 is 34.7 Å². The SMILES string of the molecule is COc1ccc(Nc2cc(C)nc(N3CCN(C(=O)c4cc([N+](=O)[O-])cc([N+](=O)[O-])c4)CC3)n2)cc1. The second-order valence-electron chi connectivity index (χ2n) is 8.08. The average molecular weight is 493 g/mol. The van der Waals surface area contributed by atoms with Gasteiger partial charge in [0.25, 0.3) is 17.3 Å². The van der Waals surface area contributed by atoms with Crippen LogP contribution in [0.25, 0.3) is 0 Å². The van der Waals surface area contributed by atoms with Crippen LogP contribution in [0.1, 0.15) is 16.1 Å². The predicted octanol–water partition coefficient (Wildman–Crippen LogP) is 3.32. The molecule has 1 N–H and O–H groups in total. The lowest BCUT2D eigenvalue weighted by molar-refractivity contribution is -0.394. The predicted molar refractivity (Wildman–Crippen MR) is 131 cm³/mol. The molecule has 0 unspecified atom stereocenters. The van der Waals surface area contributed by atoms with E-state index < -0.39 is 27.1 Å². The maximum atomic E-state index is 13.0. The van der Waals surface area contributed by atoms with Gasteiger partial charge in [-0.3, -0.25) is 25.0 Å². The fourth-order valence-corrected chi connectivity index (χ4v) is 3.80. The Balaban J connectivity index is 1.46. The summed E-state index contributed by atoms with van der Waals surface area (Å²) in [6.07, 6.45) is 0. The second kappa shape index (κ2) is 10.2. The van der Waals surface area contributed by atoms with Crippen LogP contribution in [0, 0.1) is 27.2 Å². The van der Waals surface area contributed by atoms with Crippen molar-refractivity contribution in [3.05, 3.63) is 80.0 Å². The highest BCUT2D eigenvalue weighted by Crippen LogP contribution is 2.25. The second-order valence-corrected chi connectivity index (χ2v) is 8.08. The van der Waals surface area contributed by atoms with E-state index in [1.807, 2.05) is 42.2 Å². The highest BCUT2D eigenvalue weighted by molar-refractivity contribution is 5.95. The molecule has 1 fully saturated rings. The number of carbonyl (C=O) groups is 1. The van der Waals surface area contributed by atoms with Gasteiger partial charge in [-0.2, -0.15) is 4.98 Å². The lowest BCUT2D eigenvalue weighted by atomic mass is 10.1. The lowest BCUT2D eigenvalue weighted by Crippen LogP contribution is -2.49. The summed E-state index contributed by atoms with van der Waals surface area (Å²) >= 11 is 0. The molecule has 3 aromatic rings. The topological polar surface area (TPSA) is 157 Å². The molecule has 0 spiro atoms. The zero-order valence-electron chi connectivity index (χ0n) is 19.6. The van der Waals surface area contributed by atoms with E-state index in [2.05, 4.69) is 15.3 Å². The lowest BCUT2D eigenvalue weighted by Gasteiger charge is -2.35. The number of non-ortho nitro benzene ring substituents is 2. The van der Waals surface area contributed by atoms with Gasteiger partial charge in [-0.1, -0.05) is 0 Å². The van der Waals surface area contributed by atoms with Crippen molar-refractivity contribution in [1.29, 1.82) is 0 Å². The fourth-order valence-electron chi connectivity index (χ4n) is 3.80. The Morgan fingerprint density at radius 3 is 2.11 bits per heavy atom. The van der Waals surface area contributed by atoms with Crippen LogP contribution in [0.2, 0.25) is 0 Å². The molecule has 2 heterocycles. The van der Waals surface area contributed by atoms with Crippen molar-refractivity contribution in [2.45, 2.75) is 6.92 Å². The number of nitrogens with zero attached hydrogens (tertiary/aromatic N) is 6. The van der Waals surface area contributed by atoms with Crippen LogP contribution in [0.15, 0.2) is 48.5 Å². The number of benzene rings is 2. The van der Waals surface area contributed by atoms with Gasteiger partial charge in [-0.25, -0.2) is 4.98 Å². The van der Waals surface area contributed by atoms with Crippen molar-refractivity contribution in [2.75, 3.05) is 43.5 Å². The van der Waals surface area contributed by atoms with Crippen LogP contribution in [-0.2, 0) is 0 Å². The van der Waals surface area contributed by atoms with Gasteiger partial charge in [0.15, 0.2) is 0 Å². The third-order valence-corrected chi connectivity index (χ3v) is 5.63. The van der Waals surface area contributed by atoms with Crippen LogP contribution in [0.3, 0.4) is 0 Å². The van der Waals surface area contributed by atoms with Gasteiger partial charge in [0.05, 0.1) is 28.6 Å². The monoisotopic (exact) mass is 493 g/mol. The highest BCUT2D eigenvalue weighted by atomic mass is 16.6. The van der Waals surface area contributed by atoms with Gasteiger partial charge in [-0.15, -0.1) is 0 Å². The standard InChI is InChI=1S/C23H23N7O6/c1-15-11-21(25-17-3-5-20(36-2)6-4-17)26-23(24-15)28-9-7-27(8-10-28)22(31)16-12-18(29(32)33)14-19(13-16)30(34)35/h3-6,11-14H,7-10H2,1-2H3,(H,24,25,26). The minimum Gasteiger partial charge on any atom is -0.497 e. The Morgan fingerprint density at radius 1 is 0.944 bits per heavy atom. The van der Waals surface area contributed by atoms with E-state index in [1.54, 1.807) is 7.11 Å². The third-order valence-electron chi connectivity index (χ3n) is 5.63. The maximum absolute atomic E-state index is 13.0. The number of hydrogen-bond donors (Lipinski definition) is 1. The van der Waals surface area contributed by atoms with E-state index >= 15 is 0 Å². The first kappa shape index (κ1) is 24.3. The highest BCUT2D eigenvalue weighted by Gasteiger charge is 2.27. The molecule has 36 heavy (non-hydrogen) atoms. The Bertz CT molecular complexity index is 1270. The van der Waals surface area contributed by atoms with Crippen molar-refractivity contribution < 1.29 is 19.4 Å². The molecular formula is C23H23N7O6. The van der Waals surface area contributed by atoms with E-state index in [0.29, 0.717) is 37.9 Å². The van der Waals surface area contributed by atoms with E-state index in [0.717, 1.165) is 35.3 Å². The number of nitro benzene ring substituents is 2. The molecular weight excluding hydrogens is 470 g/mol. The summed E-state index contributed by atoms with van der Waals surface area (Å²) in [6, 6.07) is 12.2. The molecule has 0 bridgehead atoms. The number of methoxy groups -OCH3 is 1. The van der Waals surface area contributed by atoms with Gasteiger partial charge < -0.3 is 19.9 Å². The van der Waals surface area contributed by atoms with Crippen molar-refractivity contribution in [3.63, 3.8) is 0 Å². The quantitative estimate of drug-likeness (QED) is 0.382. The minimum absolute atomic E-state index is 0.0952. The summed E-state index contributed by atoms with van der Waals surface area (Å²) in [5.41, 5.74) is 0.495. The number of rotatable bonds is 7. The zero-order valence-corrected chi connectivity index (χ0v) is 19.6. The number of aryl methyl sites for hydroxylation is 1. The fraction of sp³-hybridized carbons (Fsp3) is 0.261. The molecule has 1 amide bonds. The van der Waals surface area contributed by atoms with E-state index in [9.17, 15) is 25.0 Å². The summed E-state index contributed by atoms with van der Waals surface area (Å²) in [6.45, 7) is 3.31. The molecule has 4 rings (SSSR count). The number of nitro groups is 2. The number of amides is 1. The first-order valence-corrected chi connectivity index (χ1v) is 11.0. The molecule has 1 aliphatic heterocycles. The number of piperazine rings is 1. The van der Waals surface area contributed by atoms with Crippen LogP contribution in [-0.4, -0.2) is 63.9 Å². The Morgan fingerprint density at radius 2 is 1.56 bits per heavy atom. The molecule has 0 atom stereocenters. The molecule has 1 aromatic heterocycles. The first-order valence-electron chi connectivity index (χ1n) is 11.0. The largest absolute Gasteiger partial charge is 0.497 e. The number of carbonyl (C=O) groups excluding carboxylic acids is 1. The van der Waals surface area contributed by atoms with Gasteiger partial charge in [0.2, 0.25) is 5.95 Å². The summed E-state index contributed by atoms with van der Waals surface area (Å²) in [5.74, 6) is 1.36. The van der Waals surface area contributed by atoms with Crippen LogP contribution in [0.5, 0.6) is 5.75 Å². The molecule has 13 nitrogen and oxygen atoms in total. The third kappa shape index (κ3) is 5.46. The summed E-state index contributed by atoms with van der Waals surface area (Å²) in [4.78, 5) is 46.3.